The van der Waals surface area contributed by atoms with Crippen molar-refractivity contribution in [3.05, 3.63) is 17.7 Å². The van der Waals surface area contributed by atoms with Gasteiger partial charge in [0.15, 0.2) is 0 Å². The summed E-state index contributed by atoms with van der Waals surface area (Å²) in [4.78, 5) is 31.7. The molecule has 98 valence electrons. The molecular weight excluding hydrogens is 254 g/mol. The highest BCUT2D eigenvalue weighted by Gasteiger charge is 2.35. The first-order chi connectivity index (χ1) is 8.63. The predicted molar refractivity (Wildman–Crippen MR) is 67.3 cm³/mol. The molecule has 1 atom stereocenters. The van der Waals surface area contributed by atoms with E-state index < -0.39 is 12.0 Å². The smallest absolute Gasteiger partial charge is 0.326 e. The molecule has 1 aliphatic heterocycles. The van der Waals surface area contributed by atoms with E-state index in [4.69, 9.17) is 0 Å². The number of hydrogen-bond donors (Lipinski definition) is 2. The van der Waals surface area contributed by atoms with Gasteiger partial charge in [-0.2, -0.15) is 11.8 Å². The van der Waals surface area contributed by atoms with E-state index in [0.717, 1.165) is 11.4 Å². The Morgan fingerprint density at radius 3 is 3.11 bits per heavy atom. The molecule has 2 N–H and O–H groups in total. The van der Waals surface area contributed by atoms with Gasteiger partial charge in [-0.05, 0) is 6.26 Å². The zero-order valence-corrected chi connectivity index (χ0v) is 10.9. The van der Waals surface area contributed by atoms with Gasteiger partial charge in [0.2, 0.25) is 5.91 Å². The van der Waals surface area contributed by atoms with Crippen molar-refractivity contribution in [1.82, 2.24) is 14.9 Å². The summed E-state index contributed by atoms with van der Waals surface area (Å²) in [5.74, 6) is -0.379. The number of aliphatic carboxylic acids is 1. The molecule has 1 unspecified atom stereocenters. The van der Waals surface area contributed by atoms with Crippen LogP contribution in [0.2, 0.25) is 0 Å². The number of fused-ring (bicyclic) bond motifs is 1. The van der Waals surface area contributed by atoms with Gasteiger partial charge in [-0.15, -0.1) is 0 Å². The number of hydrogen-bond acceptors (Lipinski definition) is 4. The maximum absolute atomic E-state index is 12.0. The minimum absolute atomic E-state index is 0.114. The Kier molecular flexibility index (Phi) is 3.90. The number of carbonyl (C=O) groups excluding carboxylic acids is 1. The third-order valence-corrected chi connectivity index (χ3v) is 3.64. The zero-order valence-electron chi connectivity index (χ0n) is 10.0. The van der Waals surface area contributed by atoms with Crippen molar-refractivity contribution in [2.24, 2.45) is 0 Å². The highest BCUT2D eigenvalue weighted by Crippen LogP contribution is 2.21. The van der Waals surface area contributed by atoms with Crippen LogP contribution in [0, 0.1) is 0 Å². The standard InChI is InChI=1S/C11H15N3O3S/c1-18-3-2-10(15)14-5-8-7(12-6-13-8)4-9(14)11(16)17/h6,9H,2-5H2,1H3,(H,12,13)(H,16,17). The van der Waals surface area contributed by atoms with Crippen molar-refractivity contribution in [3.8, 4) is 0 Å². The molecule has 0 spiro atoms. The Hall–Kier alpha value is -1.50. The van der Waals surface area contributed by atoms with E-state index in [-0.39, 0.29) is 12.3 Å². The van der Waals surface area contributed by atoms with Crippen LogP contribution in [0.1, 0.15) is 17.8 Å². The number of amides is 1. The summed E-state index contributed by atoms with van der Waals surface area (Å²) in [7, 11) is 0. The second kappa shape index (κ2) is 5.43. The first-order valence-corrected chi connectivity index (χ1v) is 7.05. The van der Waals surface area contributed by atoms with Crippen LogP contribution in [0.4, 0.5) is 0 Å². The third-order valence-electron chi connectivity index (χ3n) is 3.02. The van der Waals surface area contributed by atoms with Crippen molar-refractivity contribution < 1.29 is 14.7 Å². The van der Waals surface area contributed by atoms with E-state index in [1.807, 2.05) is 6.26 Å². The molecule has 1 aliphatic rings. The number of H-pyrrole nitrogens is 1. The Bertz CT molecular complexity index is 460. The molecular formula is C11H15N3O3S. The fourth-order valence-electron chi connectivity index (χ4n) is 2.05. The molecule has 18 heavy (non-hydrogen) atoms. The van der Waals surface area contributed by atoms with Gasteiger partial charge in [-0.3, -0.25) is 4.79 Å². The first-order valence-electron chi connectivity index (χ1n) is 5.65. The van der Waals surface area contributed by atoms with E-state index in [9.17, 15) is 14.7 Å². The molecule has 0 radical (unpaired) electrons. The van der Waals surface area contributed by atoms with Crippen LogP contribution in [0.15, 0.2) is 6.33 Å². The summed E-state index contributed by atoms with van der Waals surface area (Å²) in [5, 5.41) is 9.21. The Morgan fingerprint density at radius 2 is 2.44 bits per heavy atom. The van der Waals surface area contributed by atoms with Crippen molar-refractivity contribution >= 4 is 23.6 Å². The fourth-order valence-corrected chi connectivity index (χ4v) is 2.43. The third kappa shape index (κ3) is 2.50. The number of carboxylic acid groups (broad SMARTS) is 1. The molecule has 0 bridgehead atoms. The van der Waals surface area contributed by atoms with Crippen LogP contribution in [0.5, 0.6) is 0 Å². The maximum Gasteiger partial charge on any atom is 0.326 e. The van der Waals surface area contributed by atoms with Gasteiger partial charge in [0, 0.05) is 18.6 Å². The molecule has 7 heteroatoms. The lowest BCUT2D eigenvalue weighted by Crippen LogP contribution is -2.48. The molecule has 0 aliphatic carbocycles. The maximum atomic E-state index is 12.0. The Balaban J connectivity index is 2.17. The molecule has 0 saturated carbocycles. The second-order valence-corrected chi connectivity index (χ2v) is 5.14. The van der Waals surface area contributed by atoms with Gasteiger partial charge >= 0.3 is 5.97 Å². The van der Waals surface area contributed by atoms with E-state index in [1.54, 1.807) is 18.1 Å². The second-order valence-electron chi connectivity index (χ2n) is 4.15. The van der Waals surface area contributed by atoms with Crippen molar-refractivity contribution in [2.75, 3.05) is 12.0 Å². The average Bonchev–Trinajstić information content (AvgIpc) is 2.81. The molecule has 1 aromatic rings. The minimum atomic E-state index is -0.971. The van der Waals surface area contributed by atoms with Gasteiger partial charge in [0.05, 0.1) is 24.3 Å². The van der Waals surface area contributed by atoms with Crippen molar-refractivity contribution in [1.29, 1.82) is 0 Å². The summed E-state index contributed by atoms with van der Waals surface area (Å²) in [5.41, 5.74) is 1.58. The predicted octanol–water partition coefficient (Wildman–Crippen LogP) is 0.501. The lowest BCUT2D eigenvalue weighted by Gasteiger charge is -2.32. The van der Waals surface area contributed by atoms with E-state index in [0.29, 0.717) is 18.7 Å². The average molecular weight is 269 g/mol. The molecule has 1 amide bonds. The minimum Gasteiger partial charge on any atom is -0.480 e. The quantitative estimate of drug-likeness (QED) is 0.831. The van der Waals surface area contributed by atoms with Gasteiger partial charge in [-0.1, -0.05) is 0 Å². The number of aromatic nitrogens is 2. The lowest BCUT2D eigenvalue weighted by molar-refractivity contribution is -0.151. The summed E-state index contributed by atoms with van der Waals surface area (Å²) >= 11 is 1.58. The number of imidazole rings is 1. The lowest BCUT2D eigenvalue weighted by atomic mass is 10.0. The topological polar surface area (TPSA) is 86.3 Å². The van der Waals surface area contributed by atoms with Gasteiger partial charge in [0.1, 0.15) is 6.04 Å². The van der Waals surface area contributed by atoms with Crippen LogP contribution in [-0.4, -0.2) is 49.9 Å². The monoisotopic (exact) mass is 269 g/mol. The number of rotatable bonds is 4. The highest BCUT2D eigenvalue weighted by atomic mass is 32.2. The summed E-state index contributed by atoms with van der Waals surface area (Å²) in [6, 6.07) is -0.796. The molecule has 0 fully saturated rings. The Morgan fingerprint density at radius 1 is 1.67 bits per heavy atom. The van der Waals surface area contributed by atoms with Gasteiger partial charge in [0.25, 0.3) is 0 Å². The number of nitrogens with one attached hydrogen (secondary N) is 1. The van der Waals surface area contributed by atoms with Crippen LogP contribution in [0.3, 0.4) is 0 Å². The number of nitrogens with zero attached hydrogens (tertiary/aromatic N) is 2. The molecule has 2 rings (SSSR count). The van der Waals surface area contributed by atoms with Crippen molar-refractivity contribution in [3.63, 3.8) is 0 Å². The largest absolute Gasteiger partial charge is 0.480 e. The number of carbonyl (C=O) groups is 2. The fraction of sp³-hybridized carbons (Fsp3) is 0.545. The van der Waals surface area contributed by atoms with Gasteiger partial charge < -0.3 is 15.0 Å². The van der Waals surface area contributed by atoms with E-state index in [2.05, 4.69) is 9.97 Å². The molecule has 1 aromatic heterocycles. The van der Waals surface area contributed by atoms with E-state index in [1.165, 1.54) is 4.90 Å². The summed E-state index contributed by atoms with van der Waals surface area (Å²) < 4.78 is 0. The Labute approximate surface area is 109 Å². The summed E-state index contributed by atoms with van der Waals surface area (Å²) in [6.45, 7) is 0.305. The van der Waals surface area contributed by atoms with E-state index >= 15 is 0 Å². The van der Waals surface area contributed by atoms with Crippen LogP contribution in [0.25, 0.3) is 0 Å². The summed E-state index contributed by atoms with van der Waals surface area (Å²) in [6.07, 6.45) is 4.11. The highest BCUT2D eigenvalue weighted by molar-refractivity contribution is 7.98. The van der Waals surface area contributed by atoms with Crippen LogP contribution >= 0.6 is 11.8 Å². The van der Waals surface area contributed by atoms with Crippen LogP contribution in [-0.2, 0) is 22.6 Å². The normalized spacial score (nSPS) is 18.5. The molecule has 6 nitrogen and oxygen atoms in total. The number of carboxylic acids is 1. The molecule has 0 saturated heterocycles. The first kappa shape index (κ1) is 12.9. The zero-order chi connectivity index (χ0) is 13.1. The molecule has 2 heterocycles. The number of aromatic amines is 1. The SMILES string of the molecule is CSCCC(=O)N1Cc2[nH]cnc2CC1C(=O)O. The van der Waals surface area contributed by atoms with Crippen molar-refractivity contribution in [2.45, 2.75) is 25.4 Å². The van der Waals surface area contributed by atoms with Crippen LogP contribution < -0.4 is 0 Å². The van der Waals surface area contributed by atoms with Gasteiger partial charge in [-0.25, -0.2) is 9.78 Å². The molecule has 0 aromatic carbocycles. The number of thioether (sulfide) groups is 1.